The maximum atomic E-state index is 13.6. The highest BCUT2D eigenvalue weighted by Gasteiger charge is 2.16. The Bertz CT molecular complexity index is 860. The van der Waals surface area contributed by atoms with Crippen LogP contribution in [0.15, 0.2) is 48.7 Å². The third kappa shape index (κ3) is 3.15. The smallest absolute Gasteiger partial charge is 0.203 e. The zero-order valence-electron chi connectivity index (χ0n) is 14.0. The largest absolute Gasteiger partial charge is 0.493 e. The van der Waals surface area contributed by atoms with E-state index in [-0.39, 0.29) is 0 Å². The van der Waals surface area contributed by atoms with Crippen LogP contribution in [0, 0.1) is 11.6 Å². The van der Waals surface area contributed by atoms with Crippen LogP contribution in [0.4, 0.5) is 8.78 Å². The van der Waals surface area contributed by atoms with Crippen LogP contribution in [0.25, 0.3) is 16.9 Å². The zero-order chi connectivity index (χ0) is 18.0. The summed E-state index contributed by atoms with van der Waals surface area (Å²) in [5.41, 5.74) is 1.86. The van der Waals surface area contributed by atoms with E-state index in [1.165, 1.54) is 33.5 Å². The van der Waals surface area contributed by atoms with Gasteiger partial charge in [0.05, 0.1) is 32.7 Å². The van der Waals surface area contributed by atoms with Crippen molar-refractivity contribution in [1.29, 1.82) is 0 Å². The van der Waals surface area contributed by atoms with Crippen LogP contribution < -0.4 is 14.2 Å². The Morgan fingerprint density at radius 3 is 1.92 bits per heavy atom. The van der Waals surface area contributed by atoms with Gasteiger partial charge in [0.15, 0.2) is 11.5 Å². The van der Waals surface area contributed by atoms with Gasteiger partial charge in [-0.1, -0.05) is 0 Å². The molecule has 0 bridgehead atoms. The van der Waals surface area contributed by atoms with Gasteiger partial charge in [-0.2, -0.15) is 0 Å². The number of halogens is 2. The SMILES string of the molecule is COc1cc(-c2cccn2-c2cc(F)cc(F)c2)cc(OC)c1OC. The predicted octanol–water partition coefficient (Wildman–Crippen LogP) is 4.45. The summed E-state index contributed by atoms with van der Waals surface area (Å²) in [6, 6.07) is 10.6. The number of aromatic nitrogens is 1. The first kappa shape index (κ1) is 16.8. The third-order valence-corrected chi connectivity index (χ3v) is 3.83. The first-order valence-electron chi connectivity index (χ1n) is 7.51. The average Bonchev–Trinajstić information content (AvgIpc) is 3.09. The Morgan fingerprint density at radius 2 is 1.40 bits per heavy atom. The van der Waals surface area contributed by atoms with Crippen molar-refractivity contribution in [3.8, 4) is 34.2 Å². The summed E-state index contributed by atoms with van der Waals surface area (Å²) < 4.78 is 44.9. The standard InChI is InChI=1S/C19H17F2NO3/c1-23-17-7-12(8-18(24-2)19(17)25-3)16-5-4-6-22(16)15-10-13(20)9-14(21)11-15/h4-11H,1-3H3. The van der Waals surface area contributed by atoms with E-state index in [0.29, 0.717) is 22.9 Å². The fraction of sp³-hybridized carbons (Fsp3) is 0.158. The first-order valence-corrected chi connectivity index (χ1v) is 7.51. The summed E-state index contributed by atoms with van der Waals surface area (Å²) in [6.07, 6.45) is 1.73. The molecule has 1 aromatic heterocycles. The third-order valence-electron chi connectivity index (χ3n) is 3.83. The number of hydrogen-bond donors (Lipinski definition) is 0. The minimum Gasteiger partial charge on any atom is -0.493 e. The van der Waals surface area contributed by atoms with Crippen molar-refractivity contribution in [3.63, 3.8) is 0 Å². The molecule has 0 aliphatic rings. The van der Waals surface area contributed by atoms with Gasteiger partial charge < -0.3 is 18.8 Å². The van der Waals surface area contributed by atoms with Crippen molar-refractivity contribution in [2.75, 3.05) is 21.3 Å². The molecule has 0 saturated carbocycles. The van der Waals surface area contributed by atoms with Crippen molar-refractivity contribution in [1.82, 2.24) is 4.57 Å². The molecular formula is C19H17F2NO3. The molecule has 3 aromatic rings. The highest BCUT2D eigenvalue weighted by molar-refractivity contribution is 5.70. The minimum atomic E-state index is -0.639. The summed E-state index contributed by atoms with van der Waals surface area (Å²) in [5, 5.41) is 0. The molecule has 0 saturated heterocycles. The zero-order valence-corrected chi connectivity index (χ0v) is 14.0. The Balaban J connectivity index is 2.17. The van der Waals surface area contributed by atoms with Crippen LogP contribution >= 0.6 is 0 Å². The molecule has 0 aliphatic carbocycles. The van der Waals surface area contributed by atoms with Crippen molar-refractivity contribution >= 4 is 0 Å². The molecule has 0 radical (unpaired) electrons. The van der Waals surface area contributed by atoms with Crippen LogP contribution in [0.2, 0.25) is 0 Å². The molecule has 4 nitrogen and oxygen atoms in total. The van der Waals surface area contributed by atoms with Crippen molar-refractivity contribution < 1.29 is 23.0 Å². The summed E-state index contributed by atoms with van der Waals surface area (Å²) >= 11 is 0. The van der Waals surface area contributed by atoms with Crippen LogP contribution in [0.5, 0.6) is 17.2 Å². The topological polar surface area (TPSA) is 32.6 Å². The number of ether oxygens (including phenoxy) is 3. The van der Waals surface area contributed by atoms with E-state index >= 15 is 0 Å². The molecule has 0 amide bonds. The van der Waals surface area contributed by atoms with Gasteiger partial charge in [0.1, 0.15) is 11.6 Å². The summed E-state index contributed by atoms with van der Waals surface area (Å²) in [4.78, 5) is 0. The molecule has 0 fully saturated rings. The Morgan fingerprint density at radius 1 is 0.800 bits per heavy atom. The lowest BCUT2D eigenvalue weighted by atomic mass is 10.1. The monoisotopic (exact) mass is 345 g/mol. The maximum absolute atomic E-state index is 13.6. The van der Waals surface area contributed by atoms with Crippen LogP contribution in [0.3, 0.4) is 0 Å². The molecule has 0 atom stereocenters. The van der Waals surface area contributed by atoms with E-state index in [9.17, 15) is 8.78 Å². The van der Waals surface area contributed by atoms with Crippen molar-refractivity contribution in [3.05, 3.63) is 60.3 Å². The van der Waals surface area contributed by atoms with E-state index in [2.05, 4.69) is 0 Å². The van der Waals surface area contributed by atoms with Gasteiger partial charge in [-0.25, -0.2) is 8.78 Å². The lowest BCUT2D eigenvalue weighted by molar-refractivity contribution is 0.324. The van der Waals surface area contributed by atoms with Crippen molar-refractivity contribution in [2.24, 2.45) is 0 Å². The quantitative estimate of drug-likeness (QED) is 0.685. The molecule has 0 spiro atoms. The summed E-state index contributed by atoms with van der Waals surface area (Å²) in [5.74, 6) is 0.188. The molecule has 1 heterocycles. The van der Waals surface area contributed by atoms with E-state index in [0.717, 1.165) is 17.3 Å². The Kier molecular flexibility index (Phi) is 4.61. The van der Waals surface area contributed by atoms with Crippen molar-refractivity contribution in [2.45, 2.75) is 0 Å². The minimum absolute atomic E-state index is 0.381. The molecule has 6 heteroatoms. The van der Waals surface area contributed by atoms with E-state index in [1.807, 2.05) is 6.07 Å². The van der Waals surface area contributed by atoms with Gasteiger partial charge in [0, 0.05) is 17.8 Å². The summed E-state index contributed by atoms with van der Waals surface area (Å²) in [7, 11) is 4.59. The van der Waals surface area contributed by atoms with E-state index in [4.69, 9.17) is 14.2 Å². The Hall–Kier alpha value is -3.02. The van der Waals surface area contributed by atoms with Gasteiger partial charge in [0.25, 0.3) is 0 Å². The maximum Gasteiger partial charge on any atom is 0.203 e. The number of benzene rings is 2. The van der Waals surface area contributed by atoms with Gasteiger partial charge in [0.2, 0.25) is 5.75 Å². The number of methoxy groups -OCH3 is 3. The lowest BCUT2D eigenvalue weighted by Crippen LogP contribution is -1.99. The normalized spacial score (nSPS) is 10.6. The number of hydrogen-bond acceptors (Lipinski definition) is 3. The van der Waals surface area contributed by atoms with Crippen LogP contribution in [0.1, 0.15) is 0 Å². The lowest BCUT2D eigenvalue weighted by Gasteiger charge is -2.15. The molecule has 25 heavy (non-hydrogen) atoms. The van der Waals surface area contributed by atoms with Gasteiger partial charge in [-0.05, 0) is 36.4 Å². The van der Waals surface area contributed by atoms with E-state index < -0.39 is 11.6 Å². The van der Waals surface area contributed by atoms with Gasteiger partial charge in [-0.3, -0.25) is 0 Å². The highest BCUT2D eigenvalue weighted by atomic mass is 19.1. The average molecular weight is 345 g/mol. The van der Waals surface area contributed by atoms with Crippen LogP contribution in [-0.2, 0) is 0 Å². The first-order chi connectivity index (χ1) is 12.1. The van der Waals surface area contributed by atoms with Gasteiger partial charge in [-0.15, -0.1) is 0 Å². The fourth-order valence-corrected chi connectivity index (χ4v) is 2.75. The molecular weight excluding hydrogens is 328 g/mol. The van der Waals surface area contributed by atoms with E-state index in [1.54, 1.807) is 29.0 Å². The fourth-order valence-electron chi connectivity index (χ4n) is 2.75. The second-order valence-corrected chi connectivity index (χ2v) is 5.31. The number of nitrogens with zero attached hydrogens (tertiary/aromatic N) is 1. The summed E-state index contributed by atoms with van der Waals surface area (Å²) in [6.45, 7) is 0. The molecule has 0 unspecified atom stereocenters. The van der Waals surface area contributed by atoms with Crippen LogP contribution in [-0.4, -0.2) is 25.9 Å². The molecule has 2 aromatic carbocycles. The highest BCUT2D eigenvalue weighted by Crippen LogP contribution is 2.41. The molecule has 0 N–H and O–H groups in total. The van der Waals surface area contributed by atoms with Gasteiger partial charge >= 0.3 is 0 Å². The second-order valence-electron chi connectivity index (χ2n) is 5.31. The molecule has 0 aliphatic heterocycles. The number of rotatable bonds is 5. The molecule has 3 rings (SSSR count). The second kappa shape index (κ2) is 6.84. The predicted molar refractivity (Wildman–Crippen MR) is 90.8 cm³/mol. The Labute approximate surface area is 144 Å². The molecule has 130 valence electrons.